The van der Waals surface area contributed by atoms with E-state index in [1.807, 2.05) is 31.2 Å². The molecule has 0 saturated heterocycles. The van der Waals surface area contributed by atoms with Gasteiger partial charge in [0.2, 0.25) is 5.89 Å². The molecule has 0 amide bonds. The Labute approximate surface area is 113 Å². The third-order valence-corrected chi connectivity index (χ3v) is 3.05. The zero-order chi connectivity index (χ0) is 12.1. The first-order valence-electron chi connectivity index (χ1n) is 5.34. The van der Waals surface area contributed by atoms with Crippen molar-refractivity contribution in [1.82, 2.24) is 15.5 Å². The second kappa shape index (κ2) is 5.97. The topological polar surface area (TPSA) is 63.0 Å². The van der Waals surface area contributed by atoms with Crippen LogP contribution in [-0.4, -0.2) is 16.7 Å². The molecule has 0 spiro atoms. The first-order chi connectivity index (χ1) is 8.29. The molecule has 1 aromatic carbocycles. The van der Waals surface area contributed by atoms with Crippen LogP contribution in [0.5, 0.6) is 0 Å². The number of aromatic nitrogens is 2. The molecular formula is C11H13IN4O. The molecule has 0 saturated carbocycles. The Hall–Kier alpha value is -1.15. The van der Waals surface area contributed by atoms with Crippen molar-refractivity contribution in [2.24, 2.45) is 0 Å². The van der Waals surface area contributed by atoms with Crippen molar-refractivity contribution in [3.63, 3.8) is 0 Å². The molecule has 17 heavy (non-hydrogen) atoms. The molecule has 0 bridgehead atoms. The Morgan fingerprint density at radius 1 is 1.29 bits per heavy atom. The summed E-state index contributed by atoms with van der Waals surface area (Å²) in [7, 11) is 0. The number of nitrogens with zero attached hydrogens (tertiary/aromatic N) is 2. The maximum atomic E-state index is 5.45. The highest BCUT2D eigenvalue weighted by Crippen LogP contribution is 2.21. The number of hydrogen-bond acceptors (Lipinski definition) is 5. The number of anilines is 2. The number of para-hydroxylation sites is 1. The molecule has 0 unspecified atom stereocenters. The van der Waals surface area contributed by atoms with Crippen molar-refractivity contribution in [3.8, 4) is 0 Å². The van der Waals surface area contributed by atoms with Gasteiger partial charge in [0.15, 0.2) is 0 Å². The van der Waals surface area contributed by atoms with Gasteiger partial charge in [-0.15, -0.1) is 5.10 Å². The largest absolute Gasteiger partial charge is 0.406 e. The molecule has 6 heteroatoms. The van der Waals surface area contributed by atoms with Gasteiger partial charge >= 0.3 is 6.01 Å². The third kappa shape index (κ3) is 3.40. The summed E-state index contributed by atoms with van der Waals surface area (Å²) in [4.78, 5) is 0. The summed E-state index contributed by atoms with van der Waals surface area (Å²) in [5.74, 6) is 0.584. The van der Waals surface area contributed by atoms with Crippen LogP contribution in [0.3, 0.4) is 0 Å². The van der Waals surface area contributed by atoms with Crippen molar-refractivity contribution in [2.75, 3.05) is 11.9 Å². The predicted molar refractivity (Wildman–Crippen MR) is 74.1 cm³/mol. The van der Waals surface area contributed by atoms with Gasteiger partial charge in [0.25, 0.3) is 0 Å². The van der Waals surface area contributed by atoms with E-state index in [-0.39, 0.29) is 0 Å². The Bertz CT molecular complexity index is 486. The van der Waals surface area contributed by atoms with Gasteiger partial charge in [0.05, 0.1) is 12.2 Å². The fourth-order valence-electron chi connectivity index (χ4n) is 1.29. The van der Waals surface area contributed by atoms with Crippen molar-refractivity contribution in [3.05, 3.63) is 33.7 Å². The summed E-state index contributed by atoms with van der Waals surface area (Å²) >= 11 is 2.25. The molecule has 0 aliphatic rings. The monoisotopic (exact) mass is 344 g/mol. The van der Waals surface area contributed by atoms with Crippen molar-refractivity contribution >= 4 is 34.3 Å². The highest BCUT2D eigenvalue weighted by atomic mass is 127. The van der Waals surface area contributed by atoms with E-state index in [9.17, 15) is 0 Å². The van der Waals surface area contributed by atoms with E-state index in [1.54, 1.807) is 0 Å². The Kier molecular flexibility index (Phi) is 4.32. The van der Waals surface area contributed by atoms with Gasteiger partial charge in [0.1, 0.15) is 0 Å². The normalized spacial score (nSPS) is 10.5. The molecule has 0 atom stereocenters. The zero-order valence-corrected chi connectivity index (χ0v) is 11.6. The quantitative estimate of drug-likeness (QED) is 0.817. The lowest BCUT2D eigenvalue weighted by molar-refractivity contribution is 0.484. The van der Waals surface area contributed by atoms with Crippen LogP contribution in [0.15, 0.2) is 28.7 Å². The summed E-state index contributed by atoms with van der Waals surface area (Å²) in [5.41, 5.74) is 0.965. The minimum Gasteiger partial charge on any atom is -0.406 e. The molecule has 0 fully saturated rings. The summed E-state index contributed by atoms with van der Waals surface area (Å²) in [5, 5.41) is 14.1. The van der Waals surface area contributed by atoms with Gasteiger partial charge < -0.3 is 15.1 Å². The van der Waals surface area contributed by atoms with Gasteiger partial charge in [-0.2, -0.15) is 0 Å². The summed E-state index contributed by atoms with van der Waals surface area (Å²) in [6.45, 7) is 3.50. The van der Waals surface area contributed by atoms with E-state index in [0.29, 0.717) is 18.5 Å². The van der Waals surface area contributed by atoms with E-state index in [2.05, 4.69) is 43.4 Å². The molecule has 0 aliphatic carbocycles. The van der Waals surface area contributed by atoms with Gasteiger partial charge in [-0.05, 0) is 41.3 Å². The molecule has 2 rings (SSSR count). The lowest BCUT2D eigenvalue weighted by Gasteiger charge is -2.02. The Morgan fingerprint density at radius 2 is 2.12 bits per heavy atom. The molecule has 0 radical (unpaired) electrons. The van der Waals surface area contributed by atoms with E-state index in [4.69, 9.17) is 4.42 Å². The Balaban J connectivity index is 2.04. The molecule has 5 nitrogen and oxygen atoms in total. The number of hydrogen-bond donors (Lipinski definition) is 2. The first kappa shape index (κ1) is 12.3. The first-order valence-corrected chi connectivity index (χ1v) is 6.42. The van der Waals surface area contributed by atoms with Crippen LogP contribution in [0.2, 0.25) is 0 Å². The Morgan fingerprint density at radius 3 is 2.88 bits per heavy atom. The van der Waals surface area contributed by atoms with Crippen molar-refractivity contribution < 1.29 is 4.42 Å². The van der Waals surface area contributed by atoms with Crippen LogP contribution in [0.4, 0.5) is 11.7 Å². The maximum Gasteiger partial charge on any atom is 0.320 e. The zero-order valence-electron chi connectivity index (χ0n) is 9.40. The highest BCUT2D eigenvalue weighted by Gasteiger charge is 2.06. The van der Waals surface area contributed by atoms with Crippen LogP contribution < -0.4 is 10.6 Å². The molecule has 2 aromatic rings. The fourth-order valence-corrected chi connectivity index (χ4v) is 1.81. The van der Waals surface area contributed by atoms with E-state index in [0.717, 1.165) is 15.8 Å². The van der Waals surface area contributed by atoms with Crippen molar-refractivity contribution in [2.45, 2.75) is 13.5 Å². The SMILES string of the molecule is CCNCc1nnc(Nc2ccccc2I)o1. The number of halogens is 1. The van der Waals surface area contributed by atoms with E-state index < -0.39 is 0 Å². The summed E-state index contributed by atoms with van der Waals surface area (Å²) in [6.07, 6.45) is 0. The minimum absolute atomic E-state index is 0.419. The van der Waals surface area contributed by atoms with Gasteiger partial charge in [-0.1, -0.05) is 24.2 Å². The predicted octanol–water partition coefficient (Wildman–Crippen LogP) is 2.53. The maximum absolute atomic E-state index is 5.45. The van der Waals surface area contributed by atoms with Crippen LogP contribution in [0.1, 0.15) is 12.8 Å². The molecule has 2 N–H and O–H groups in total. The van der Waals surface area contributed by atoms with E-state index in [1.165, 1.54) is 0 Å². The van der Waals surface area contributed by atoms with Crippen LogP contribution in [-0.2, 0) is 6.54 Å². The van der Waals surface area contributed by atoms with E-state index >= 15 is 0 Å². The average Bonchev–Trinajstić information content (AvgIpc) is 2.77. The van der Waals surface area contributed by atoms with Gasteiger partial charge in [-0.3, -0.25) is 0 Å². The lowest BCUT2D eigenvalue weighted by atomic mass is 10.3. The van der Waals surface area contributed by atoms with Gasteiger partial charge in [-0.25, -0.2) is 0 Å². The molecule has 90 valence electrons. The van der Waals surface area contributed by atoms with Crippen LogP contribution in [0, 0.1) is 3.57 Å². The van der Waals surface area contributed by atoms with Crippen LogP contribution in [0.25, 0.3) is 0 Å². The minimum atomic E-state index is 0.419. The van der Waals surface area contributed by atoms with Crippen LogP contribution >= 0.6 is 22.6 Å². The summed E-state index contributed by atoms with van der Waals surface area (Å²) in [6, 6.07) is 8.34. The second-order valence-corrected chi connectivity index (χ2v) is 4.55. The smallest absolute Gasteiger partial charge is 0.320 e. The fraction of sp³-hybridized carbons (Fsp3) is 0.273. The van der Waals surface area contributed by atoms with Gasteiger partial charge in [0, 0.05) is 3.57 Å². The number of benzene rings is 1. The standard InChI is InChI=1S/C11H13IN4O/c1-2-13-7-10-15-16-11(17-10)14-9-6-4-3-5-8(9)12/h3-6,13H,2,7H2,1H3,(H,14,16). The second-order valence-electron chi connectivity index (χ2n) is 3.39. The van der Waals surface area contributed by atoms with Crippen molar-refractivity contribution in [1.29, 1.82) is 0 Å². The number of rotatable bonds is 5. The molecule has 1 heterocycles. The third-order valence-electron chi connectivity index (χ3n) is 2.11. The number of nitrogens with one attached hydrogen (secondary N) is 2. The lowest BCUT2D eigenvalue weighted by Crippen LogP contribution is -2.11. The highest BCUT2D eigenvalue weighted by molar-refractivity contribution is 14.1. The summed E-state index contributed by atoms with van der Waals surface area (Å²) < 4.78 is 6.55. The average molecular weight is 344 g/mol. The molecule has 1 aromatic heterocycles. The molecular weight excluding hydrogens is 331 g/mol. The molecule has 0 aliphatic heterocycles.